The molecule has 0 fully saturated rings. The molecule has 2 aromatic heterocycles. The van der Waals surface area contributed by atoms with Gasteiger partial charge in [0, 0.05) is 16.8 Å². The minimum Gasteiger partial charge on any atom is -0.489 e. The summed E-state index contributed by atoms with van der Waals surface area (Å²) in [7, 11) is 0. The highest BCUT2D eigenvalue weighted by Gasteiger charge is 2.11. The van der Waals surface area contributed by atoms with Crippen molar-refractivity contribution in [3.8, 4) is 5.75 Å². The van der Waals surface area contributed by atoms with Crippen molar-refractivity contribution in [2.45, 2.75) is 20.1 Å². The average Bonchev–Trinajstić information content (AvgIpc) is 3.39. The van der Waals surface area contributed by atoms with Crippen LogP contribution in [0.25, 0.3) is 0 Å². The highest BCUT2D eigenvalue weighted by molar-refractivity contribution is 7.12. The number of halogens is 1. The number of amides is 1. The van der Waals surface area contributed by atoms with E-state index in [1.165, 1.54) is 11.3 Å². The van der Waals surface area contributed by atoms with Crippen molar-refractivity contribution in [3.63, 3.8) is 0 Å². The van der Waals surface area contributed by atoms with Crippen molar-refractivity contribution in [2.75, 3.05) is 5.32 Å². The van der Waals surface area contributed by atoms with E-state index in [1.807, 2.05) is 73.1 Å². The summed E-state index contributed by atoms with van der Waals surface area (Å²) < 4.78 is 7.63. The van der Waals surface area contributed by atoms with Crippen molar-refractivity contribution in [3.05, 3.63) is 99.0 Å². The molecule has 4 aromatic rings. The van der Waals surface area contributed by atoms with E-state index in [-0.39, 0.29) is 5.91 Å². The first kappa shape index (κ1) is 20.2. The maximum absolute atomic E-state index is 12.6. The van der Waals surface area contributed by atoms with Crippen molar-refractivity contribution < 1.29 is 9.53 Å². The highest BCUT2D eigenvalue weighted by atomic mass is 35.5. The average molecular weight is 438 g/mol. The number of hydrogen-bond acceptors (Lipinski definition) is 4. The van der Waals surface area contributed by atoms with Gasteiger partial charge in [-0.1, -0.05) is 41.9 Å². The molecule has 152 valence electrons. The third-order valence-electron chi connectivity index (χ3n) is 4.51. The van der Waals surface area contributed by atoms with Crippen LogP contribution >= 0.6 is 22.9 Å². The molecule has 0 atom stereocenters. The van der Waals surface area contributed by atoms with Gasteiger partial charge in [0.25, 0.3) is 5.91 Å². The summed E-state index contributed by atoms with van der Waals surface area (Å²) in [5.41, 5.74) is 3.78. The van der Waals surface area contributed by atoms with E-state index in [0.717, 1.165) is 22.4 Å². The lowest BCUT2D eigenvalue weighted by Crippen LogP contribution is -2.09. The van der Waals surface area contributed by atoms with Crippen LogP contribution in [0.2, 0.25) is 5.02 Å². The topological polar surface area (TPSA) is 56.1 Å². The molecule has 2 aromatic carbocycles. The molecule has 0 unspecified atom stereocenters. The van der Waals surface area contributed by atoms with Gasteiger partial charge < -0.3 is 10.1 Å². The zero-order valence-electron chi connectivity index (χ0n) is 16.3. The van der Waals surface area contributed by atoms with E-state index in [4.69, 9.17) is 16.3 Å². The van der Waals surface area contributed by atoms with E-state index in [2.05, 4.69) is 10.4 Å². The van der Waals surface area contributed by atoms with Crippen LogP contribution in [0.1, 0.15) is 26.4 Å². The predicted octanol–water partition coefficient (Wildman–Crippen LogP) is 5.79. The molecule has 0 radical (unpaired) electrons. The summed E-state index contributed by atoms with van der Waals surface area (Å²) >= 11 is 7.31. The Kier molecular flexibility index (Phi) is 6.16. The summed E-state index contributed by atoms with van der Waals surface area (Å²) in [4.78, 5) is 13.2. The van der Waals surface area contributed by atoms with Gasteiger partial charge in [0.05, 0.1) is 23.3 Å². The molecule has 0 bridgehead atoms. The number of aryl methyl sites for hydroxylation is 1. The Morgan fingerprint density at radius 3 is 2.77 bits per heavy atom. The summed E-state index contributed by atoms with van der Waals surface area (Å²) in [6, 6.07) is 17.3. The van der Waals surface area contributed by atoms with E-state index in [1.54, 1.807) is 10.9 Å². The number of carbonyl (C=O) groups excluding carboxylic acids is 1. The Morgan fingerprint density at radius 1 is 1.17 bits per heavy atom. The smallest absolute Gasteiger partial charge is 0.265 e. The third kappa shape index (κ3) is 5.09. The van der Waals surface area contributed by atoms with E-state index in [0.29, 0.717) is 28.7 Å². The van der Waals surface area contributed by atoms with Crippen molar-refractivity contribution >= 4 is 34.5 Å². The van der Waals surface area contributed by atoms with Gasteiger partial charge in [0.15, 0.2) is 0 Å². The number of thiophene rings is 1. The van der Waals surface area contributed by atoms with Gasteiger partial charge in [0.1, 0.15) is 12.4 Å². The summed E-state index contributed by atoms with van der Waals surface area (Å²) in [6.45, 7) is 3.04. The van der Waals surface area contributed by atoms with Crippen LogP contribution in [0.5, 0.6) is 5.75 Å². The summed E-state index contributed by atoms with van der Waals surface area (Å²) in [5.74, 6) is 0.691. The first-order valence-electron chi connectivity index (χ1n) is 9.41. The number of para-hydroxylation sites is 1. The summed E-state index contributed by atoms with van der Waals surface area (Å²) in [5, 5.41) is 9.85. The van der Waals surface area contributed by atoms with E-state index >= 15 is 0 Å². The normalized spacial score (nSPS) is 10.7. The number of anilines is 1. The Bertz CT molecular complexity index is 1150. The van der Waals surface area contributed by atoms with Gasteiger partial charge in [-0.05, 0) is 47.7 Å². The van der Waals surface area contributed by atoms with Gasteiger partial charge >= 0.3 is 0 Å². The molecule has 2 heterocycles. The number of hydrogen-bond donors (Lipinski definition) is 1. The number of nitrogens with one attached hydrogen (secondary N) is 1. The lowest BCUT2D eigenvalue weighted by atomic mass is 10.2. The molecule has 1 amide bonds. The minimum atomic E-state index is -0.159. The quantitative estimate of drug-likeness (QED) is 0.398. The maximum atomic E-state index is 12.6. The van der Waals surface area contributed by atoms with Crippen molar-refractivity contribution in [1.82, 2.24) is 9.78 Å². The molecular formula is C23H20ClN3O2S. The fourth-order valence-electron chi connectivity index (χ4n) is 2.93. The van der Waals surface area contributed by atoms with Crippen molar-refractivity contribution in [1.29, 1.82) is 0 Å². The molecule has 5 nitrogen and oxygen atoms in total. The number of ether oxygens (including phenoxy) is 1. The van der Waals surface area contributed by atoms with Crippen LogP contribution < -0.4 is 10.1 Å². The lowest BCUT2D eigenvalue weighted by Gasteiger charge is -2.07. The van der Waals surface area contributed by atoms with Gasteiger partial charge in [-0.2, -0.15) is 5.10 Å². The maximum Gasteiger partial charge on any atom is 0.265 e. The second kappa shape index (κ2) is 9.15. The molecule has 7 heteroatoms. The second-order valence-corrected chi connectivity index (χ2v) is 8.23. The van der Waals surface area contributed by atoms with Crippen molar-refractivity contribution in [2.24, 2.45) is 0 Å². The third-order valence-corrected chi connectivity index (χ3v) is 5.74. The zero-order valence-corrected chi connectivity index (χ0v) is 17.9. The predicted molar refractivity (Wildman–Crippen MR) is 121 cm³/mol. The molecule has 1 N–H and O–H groups in total. The summed E-state index contributed by atoms with van der Waals surface area (Å²) in [6.07, 6.45) is 3.45. The Hall–Kier alpha value is -3.09. The number of nitrogens with zero attached hydrogens (tertiary/aromatic N) is 2. The van der Waals surface area contributed by atoms with Crippen LogP contribution in [0.4, 0.5) is 5.69 Å². The second-order valence-electron chi connectivity index (χ2n) is 6.88. The standard InChI is InChI=1S/C23H20ClN3O2S/c1-16-4-2-3-5-21(16)29-14-18-10-22(30-15-18)23(28)26-20-11-25-27(13-20)12-17-6-8-19(24)9-7-17/h2-11,13,15H,12,14H2,1H3,(H,26,28). The first-order valence-corrected chi connectivity index (χ1v) is 10.7. The number of carbonyl (C=O) groups is 1. The van der Waals surface area contributed by atoms with Crippen LogP contribution in [-0.4, -0.2) is 15.7 Å². The SMILES string of the molecule is Cc1ccccc1OCc1csc(C(=O)Nc2cnn(Cc3ccc(Cl)cc3)c2)c1. The molecule has 0 aliphatic rings. The minimum absolute atomic E-state index is 0.159. The van der Waals surface area contributed by atoms with Crippen LogP contribution in [0.15, 0.2) is 72.4 Å². The van der Waals surface area contributed by atoms with E-state index < -0.39 is 0 Å². The molecule has 0 aliphatic heterocycles. The van der Waals surface area contributed by atoms with E-state index in [9.17, 15) is 4.79 Å². The molecule has 0 saturated carbocycles. The molecule has 30 heavy (non-hydrogen) atoms. The van der Waals surface area contributed by atoms with Gasteiger partial charge in [-0.25, -0.2) is 0 Å². The van der Waals surface area contributed by atoms with Crippen LogP contribution in [-0.2, 0) is 13.2 Å². The largest absolute Gasteiger partial charge is 0.489 e. The Labute approximate surface area is 183 Å². The van der Waals surface area contributed by atoms with Gasteiger partial charge in [-0.15, -0.1) is 11.3 Å². The Morgan fingerprint density at radius 2 is 1.97 bits per heavy atom. The molecular weight excluding hydrogens is 418 g/mol. The number of rotatable bonds is 7. The first-order chi connectivity index (χ1) is 14.6. The lowest BCUT2D eigenvalue weighted by molar-refractivity contribution is 0.103. The molecule has 4 rings (SSSR count). The number of aromatic nitrogens is 2. The van der Waals surface area contributed by atoms with Gasteiger partial charge in [0.2, 0.25) is 0 Å². The molecule has 0 saturated heterocycles. The fraction of sp³-hybridized carbons (Fsp3) is 0.130. The zero-order chi connectivity index (χ0) is 20.9. The highest BCUT2D eigenvalue weighted by Crippen LogP contribution is 2.21. The Balaban J connectivity index is 1.34. The van der Waals surface area contributed by atoms with Crippen LogP contribution in [0.3, 0.4) is 0 Å². The van der Waals surface area contributed by atoms with Gasteiger partial charge in [-0.3, -0.25) is 9.48 Å². The monoisotopic (exact) mass is 437 g/mol. The number of benzene rings is 2. The molecule has 0 spiro atoms. The molecule has 0 aliphatic carbocycles. The van der Waals surface area contributed by atoms with Crippen LogP contribution in [0, 0.1) is 6.92 Å². The fourth-order valence-corrected chi connectivity index (χ4v) is 3.85.